The van der Waals surface area contributed by atoms with Crippen LogP contribution in [0.5, 0.6) is 0 Å². The number of aryl methyl sites for hydroxylation is 2. The van der Waals surface area contributed by atoms with Gasteiger partial charge in [-0.25, -0.2) is 8.42 Å². The van der Waals surface area contributed by atoms with Gasteiger partial charge in [0.1, 0.15) is 6.04 Å². The predicted molar refractivity (Wildman–Crippen MR) is 87.0 cm³/mol. The maximum Gasteiger partial charge on any atom is 0.238 e. The van der Waals surface area contributed by atoms with Gasteiger partial charge in [0.15, 0.2) is 0 Å². The molecule has 1 saturated heterocycles. The van der Waals surface area contributed by atoms with E-state index in [0.717, 1.165) is 24.0 Å². The molecule has 0 spiro atoms. The molecule has 1 amide bonds. The van der Waals surface area contributed by atoms with Gasteiger partial charge in [0, 0.05) is 13.1 Å². The summed E-state index contributed by atoms with van der Waals surface area (Å²) in [5, 5.41) is 2.89. The summed E-state index contributed by atoms with van der Waals surface area (Å²) in [7, 11) is -3.34. The molecule has 1 unspecified atom stereocenters. The van der Waals surface area contributed by atoms with Gasteiger partial charge in [0.2, 0.25) is 15.9 Å². The van der Waals surface area contributed by atoms with Gasteiger partial charge < -0.3 is 5.32 Å². The molecule has 0 saturated carbocycles. The van der Waals surface area contributed by atoms with E-state index in [1.54, 1.807) is 0 Å². The van der Waals surface area contributed by atoms with Crippen LogP contribution in [-0.4, -0.2) is 37.5 Å². The summed E-state index contributed by atoms with van der Waals surface area (Å²) in [6.07, 6.45) is 3.45. The van der Waals surface area contributed by atoms with Crippen LogP contribution in [-0.2, 0) is 21.4 Å². The molecule has 22 heavy (non-hydrogen) atoms. The van der Waals surface area contributed by atoms with Crippen molar-refractivity contribution in [3.8, 4) is 0 Å². The summed E-state index contributed by atoms with van der Waals surface area (Å²) in [6, 6.07) is 5.51. The van der Waals surface area contributed by atoms with E-state index in [-0.39, 0.29) is 5.91 Å². The molecule has 1 heterocycles. The summed E-state index contributed by atoms with van der Waals surface area (Å²) >= 11 is 0. The number of rotatable bonds is 4. The number of sulfonamides is 1. The highest BCUT2D eigenvalue weighted by Gasteiger charge is 2.34. The minimum atomic E-state index is -3.34. The van der Waals surface area contributed by atoms with Crippen molar-refractivity contribution in [1.29, 1.82) is 0 Å². The lowest BCUT2D eigenvalue weighted by Gasteiger charge is -2.32. The van der Waals surface area contributed by atoms with Crippen LogP contribution in [0, 0.1) is 13.8 Å². The third-order valence-electron chi connectivity index (χ3n) is 4.13. The molecule has 1 aliphatic heterocycles. The second-order valence-corrected chi connectivity index (χ2v) is 7.97. The number of piperidine rings is 1. The third kappa shape index (κ3) is 4.08. The second-order valence-electron chi connectivity index (χ2n) is 6.03. The molecule has 1 atom stereocenters. The van der Waals surface area contributed by atoms with Gasteiger partial charge in [0.25, 0.3) is 0 Å². The number of amides is 1. The van der Waals surface area contributed by atoms with Crippen LogP contribution in [0.1, 0.15) is 36.0 Å². The van der Waals surface area contributed by atoms with Crippen molar-refractivity contribution >= 4 is 15.9 Å². The SMILES string of the molecule is Cc1ccc(CNC(=O)C2CCCCN2S(C)(=O)=O)c(C)c1. The topological polar surface area (TPSA) is 66.5 Å². The van der Waals surface area contributed by atoms with Crippen LogP contribution in [0.3, 0.4) is 0 Å². The van der Waals surface area contributed by atoms with Crippen molar-refractivity contribution in [2.24, 2.45) is 0 Å². The van der Waals surface area contributed by atoms with Gasteiger partial charge in [-0.3, -0.25) is 4.79 Å². The lowest BCUT2D eigenvalue weighted by atomic mass is 10.0. The number of benzene rings is 1. The lowest BCUT2D eigenvalue weighted by Crippen LogP contribution is -2.51. The first-order valence-corrected chi connectivity index (χ1v) is 9.44. The van der Waals surface area contributed by atoms with E-state index in [0.29, 0.717) is 19.5 Å². The zero-order valence-electron chi connectivity index (χ0n) is 13.4. The van der Waals surface area contributed by atoms with Gasteiger partial charge in [0.05, 0.1) is 6.26 Å². The summed E-state index contributed by atoms with van der Waals surface area (Å²) < 4.78 is 25.0. The van der Waals surface area contributed by atoms with Crippen LogP contribution >= 0.6 is 0 Å². The van der Waals surface area contributed by atoms with Crippen LogP contribution in [0.15, 0.2) is 18.2 Å². The van der Waals surface area contributed by atoms with Crippen molar-refractivity contribution < 1.29 is 13.2 Å². The quantitative estimate of drug-likeness (QED) is 0.917. The van der Waals surface area contributed by atoms with Crippen molar-refractivity contribution in [3.05, 3.63) is 34.9 Å². The van der Waals surface area contributed by atoms with Crippen LogP contribution < -0.4 is 5.32 Å². The van der Waals surface area contributed by atoms with Crippen molar-refractivity contribution in [2.75, 3.05) is 12.8 Å². The van der Waals surface area contributed by atoms with Crippen molar-refractivity contribution in [2.45, 2.75) is 45.7 Å². The minimum Gasteiger partial charge on any atom is -0.351 e. The Morgan fingerprint density at radius 1 is 1.32 bits per heavy atom. The standard InChI is InChI=1S/C16H24N2O3S/c1-12-7-8-14(13(2)10-12)11-17-16(19)15-6-4-5-9-18(15)22(3,20)21/h7-8,10,15H,4-6,9,11H2,1-3H3,(H,17,19). The first kappa shape index (κ1) is 17.0. The second kappa shape index (κ2) is 6.79. The molecule has 1 aliphatic rings. The highest BCUT2D eigenvalue weighted by molar-refractivity contribution is 7.88. The average molecular weight is 324 g/mol. The normalized spacial score (nSPS) is 19.9. The molecule has 1 aromatic rings. The molecule has 5 nitrogen and oxygen atoms in total. The van der Waals surface area contributed by atoms with Crippen LogP contribution in [0.25, 0.3) is 0 Å². The Bertz CT molecular complexity index is 655. The Morgan fingerprint density at radius 2 is 2.05 bits per heavy atom. The number of hydrogen-bond donors (Lipinski definition) is 1. The number of carbonyl (C=O) groups is 1. The molecular weight excluding hydrogens is 300 g/mol. The smallest absolute Gasteiger partial charge is 0.238 e. The van der Waals surface area contributed by atoms with Gasteiger partial charge in [-0.15, -0.1) is 0 Å². The fourth-order valence-electron chi connectivity index (χ4n) is 2.91. The van der Waals surface area contributed by atoms with E-state index in [1.165, 1.54) is 16.1 Å². The van der Waals surface area contributed by atoms with Crippen LogP contribution in [0.2, 0.25) is 0 Å². The van der Waals surface area contributed by atoms with Gasteiger partial charge in [-0.2, -0.15) is 4.31 Å². The molecular formula is C16H24N2O3S. The zero-order chi connectivity index (χ0) is 16.3. The zero-order valence-corrected chi connectivity index (χ0v) is 14.2. The van der Waals surface area contributed by atoms with Gasteiger partial charge in [-0.1, -0.05) is 30.2 Å². The Balaban J connectivity index is 2.04. The molecule has 0 bridgehead atoms. The molecule has 0 radical (unpaired) electrons. The number of nitrogens with one attached hydrogen (secondary N) is 1. The summed E-state index contributed by atoms with van der Waals surface area (Å²) in [5.74, 6) is -0.204. The summed E-state index contributed by atoms with van der Waals surface area (Å²) in [4.78, 5) is 12.4. The first-order chi connectivity index (χ1) is 10.3. The van der Waals surface area contributed by atoms with E-state index in [9.17, 15) is 13.2 Å². The summed E-state index contributed by atoms with van der Waals surface area (Å²) in [5.41, 5.74) is 3.37. The maximum absolute atomic E-state index is 12.4. The fourth-order valence-corrected chi connectivity index (χ4v) is 4.03. The Morgan fingerprint density at radius 3 is 2.68 bits per heavy atom. The van der Waals surface area contributed by atoms with E-state index in [2.05, 4.69) is 11.4 Å². The lowest BCUT2D eigenvalue weighted by molar-refractivity contribution is -0.125. The summed E-state index contributed by atoms with van der Waals surface area (Å²) in [6.45, 7) is 4.90. The maximum atomic E-state index is 12.4. The highest BCUT2D eigenvalue weighted by Crippen LogP contribution is 2.20. The fraction of sp³-hybridized carbons (Fsp3) is 0.562. The minimum absolute atomic E-state index is 0.204. The van der Waals surface area contributed by atoms with E-state index in [1.807, 2.05) is 26.0 Å². The number of carbonyl (C=O) groups excluding carboxylic acids is 1. The monoisotopic (exact) mass is 324 g/mol. The van der Waals surface area contributed by atoms with E-state index >= 15 is 0 Å². The first-order valence-electron chi connectivity index (χ1n) is 7.59. The van der Waals surface area contributed by atoms with Crippen molar-refractivity contribution in [1.82, 2.24) is 9.62 Å². The Hall–Kier alpha value is -1.40. The molecule has 0 aromatic heterocycles. The predicted octanol–water partition coefficient (Wildman–Crippen LogP) is 1.73. The number of nitrogens with zero attached hydrogens (tertiary/aromatic N) is 1. The molecule has 1 fully saturated rings. The molecule has 1 N–H and O–H groups in total. The van der Waals surface area contributed by atoms with E-state index < -0.39 is 16.1 Å². The molecule has 6 heteroatoms. The van der Waals surface area contributed by atoms with E-state index in [4.69, 9.17) is 0 Å². The van der Waals surface area contributed by atoms with Gasteiger partial charge in [-0.05, 0) is 37.8 Å². The third-order valence-corrected chi connectivity index (χ3v) is 5.42. The highest BCUT2D eigenvalue weighted by atomic mass is 32.2. The molecule has 0 aliphatic carbocycles. The Kier molecular flexibility index (Phi) is 5.24. The van der Waals surface area contributed by atoms with Crippen molar-refractivity contribution in [3.63, 3.8) is 0 Å². The Labute approximate surface area is 132 Å². The number of hydrogen-bond acceptors (Lipinski definition) is 3. The van der Waals surface area contributed by atoms with Crippen LogP contribution in [0.4, 0.5) is 0 Å². The average Bonchev–Trinajstić information content (AvgIpc) is 2.45. The molecule has 2 rings (SSSR count). The molecule has 122 valence electrons. The molecule has 1 aromatic carbocycles. The van der Waals surface area contributed by atoms with Gasteiger partial charge >= 0.3 is 0 Å². The largest absolute Gasteiger partial charge is 0.351 e.